The van der Waals surface area contributed by atoms with Gasteiger partial charge in [-0.1, -0.05) is 6.92 Å². The molecule has 1 aliphatic heterocycles. The van der Waals surface area contributed by atoms with Gasteiger partial charge in [0.1, 0.15) is 0 Å². The highest BCUT2D eigenvalue weighted by molar-refractivity contribution is 5.69. The molecule has 1 rings (SSSR count). The quantitative estimate of drug-likeness (QED) is 0.819. The lowest BCUT2D eigenvalue weighted by Crippen LogP contribution is -2.49. The molecule has 0 spiro atoms. The molecule has 1 heterocycles. The van der Waals surface area contributed by atoms with Gasteiger partial charge in [-0.25, -0.2) is 0 Å². The van der Waals surface area contributed by atoms with Crippen molar-refractivity contribution in [2.75, 3.05) is 32.7 Å². The number of hydrogen-bond donors (Lipinski definition) is 1. The minimum Gasteiger partial charge on any atom is -0.480 e. The Morgan fingerprint density at radius 2 is 1.94 bits per heavy atom. The van der Waals surface area contributed by atoms with Crippen molar-refractivity contribution in [1.82, 2.24) is 9.80 Å². The average Bonchev–Trinajstić information content (AvgIpc) is 2.26. The molecule has 1 aliphatic rings. The number of likely N-dealkylation sites (tertiary alicyclic amines) is 1. The Balaban J connectivity index is 2.57. The highest BCUT2D eigenvalue weighted by Crippen LogP contribution is 2.22. The van der Waals surface area contributed by atoms with Crippen molar-refractivity contribution in [2.24, 2.45) is 0 Å². The Morgan fingerprint density at radius 3 is 2.33 bits per heavy atom. The van der Waals surface area contributed by atoms with Crippen LogP contribution in [0.2, 0.25) is 0 Å². The van der Waals surface area contributed by atoms with Gasteiger partial charge in [0.2, 0.25) is 0 Å². The molecule has 4 nitrogen and oxygen atoms in total. The maximum atomic E-state index is 12.4. The van der Waals surface area contributed by atoms with E-state index in [4.69, 9.17) is 5.11 Å². The van der Waals surface area contributed by atoms with Crippen LogP contribution in [0.5, 0.6) is 0 Å². The van der Waals surface area contributed by atoms with Crippen molar-refractivity contribution in [3.05, 3.63) is 0 Å². The predicted octanol–water partition coefficient (Wildman–Crippen LogP) is 1.42. The molecular weight excluding hydrogens is 249 g/mol. The van der Waals surface area contributed by atoms with Crippen molar-refractivity contribution >= 4 is 5.97 Å². The maximum Gasteiger partial charge on any atom is 0.401 e. The van der Waals surface area contributed by atoms with E-state index in [-0.39, 0.29) is 6.04 Å². The molecule has 18 heavy (non-hydrogen) atoms. The van der Waals surface area contributed by atoms with Crippen LogP contribution in [0.15, 0.2) is 0 Å². The van der Waals surface area contributed by atoms with E-state index in [2.05, 4.69) is 4.90 Å². The fourth-order valence-electron chi connectivity index (χ4n) is 2.32. The lowest BCUT2D eigenvalue weighted by Gasteiger charge is -2.37. The smallest absolute Gasteiger partial charge is 0.401 e. The van der Waals surface area contributed by atoms with Gasteiger partial charge in [-0.3, -0.25) is 9.69 Å². The van der Waals surface area contributed by atoms with Gasteiger partial charge < -0.3 is 10.0 Å². The largest absolute Gasteiger partial charge is 0.480 e. The number of carbonyl (C=O) groups is 1. The van der Waals surface area contributed by atoms with Crippen LogP contribution >= 0.6 is 0 Å². The predicted molar refractivity (Wildman–Crippen MR) is 60.4 cm³/mol. The highest BCUT2D eigenvalue weighted by Gasteiger charge is 2.35. The molecular formula is C11H19F3N2O2. The number of carboxylic acids is 1. The van der Waals surface area contributed by atoms with Gasteiger partial charge in [0.25, 0.3) is 0 Å². The molecule has 0 unspecified atom stereocenters. The number of piperidine rings is 1. The van der Waals surface area contributed by atoms with E-state index in [0.717, 1.165) is 24.5 Å². The molecule has 0 saturated carbocycles. The Bertz CT molecular complexity index is 276. The number of aliphatic carboxylic acids is 1. The molecule has 1 N–H and O–H groups in total. The number of alkyl halides is 3. The van der Waals surface area contributed by atoms with Crippen molar-refractivity contribution in [2.45, 2.75) is 32.0 Å². The van der Waals surface area contributed by atoms with Crippen molar-refractivity contribution in [1.29, 1.82) is 0 Å². The topological polar surface area (TPSA) is 43.8 Å². The second kappa shape index (κ2) is 6.38. The standard InChI is InChI=1S/C11H19F3N2O2/c1-2-15-5-3-9(4-6-15)16(7-10(17)18)8-11(12,13)14/h9H,2-8H2,1H3,(H,17,18). The summed E-state index contributed by atoms with van der Waals surface area (Å²) in [5.74, 6) is -1.21. The molecule has 7 heteroatoms. The van der Waals surface area contributed by atoms with E-state index in [9.17, 15) is 18.0 Å². The van der Waals surface area contributed by atoms with Gasteiger partial charge in [-0.15, -0.1) is 0 Å². The normalized spacial score (nSPS) is 19.4. The summed E-state index contributed by atoms with van der Waals surface area (Å²) in [4.78, 5) is 13.8. The summed E-state index contributed by atoms with van der Waals surface area (Å²) >= 11 is 0. The lowest BCUT2D eigenvalue weighted by atomic mass is 10.0. The summed E-state index contributed by atoms with van der Waals surface area (Å²) in [6.45, 7) is 2.66. The lowest BCUT2D eigenvalue weighted by molar-refractivity contribution is -0.159. The summed E-state index contributed by atoms with van der Waals surface area (Å²) in [5, 5.41) is 8.69. The van der Waals surface area contributed by atoms with Gasteiger partial charge in [0, 0.05) is 6.04 Å². The zero-order valence-corrected chi connectivity index (χ0v) is 10.4. The van der Waals surface area contributed by atoms with Gasteiger partial charge in [-0.2, -0.15) is 13.2 Å². The molecule has 0 bridgehead atoms. The number of rotatable bonds is 5. The minimum absolute atomic E-state index is 0.287. The monoisotopic (exact) mass is 268 g/mol. The molecule has 0 aliphatic carbocycles. The van der Waals surface area contributed by atoms with E-state index in [0.29, 0.717) is 12.8 Å². The molecule has 1 fully saturated rings. The van der Waals surface area contributed by atoms with Crippen LogP contribution < -0.4 is 0 Å². The summed E-state index contributed by atoms with van der Waals surface area (Å²) in [5.41, 5.74) is 0. The van der Waals surface area contributed by atoms with E-state index in [1.165, 1.54) is 0 Å². The first-order valence-corrected chi connectivity index (χ1v) is 6.06. The fourth-order valence-corrected chi connectivity index (χ4v) is 2.32. The molecule has 0 radical (unpaired) electrons. The third-order valence-corrected chi connectivity index (χ3v) is 3.24. The van der Waals surface area contributed by atoms with Crippen LogP contribution in [0.25, 0.3) is 0 Å². The number of hydrogen-bond acceptors (Lipinski definition) is 3. The van der Waals surface area contributed by atoms with Gasteiger partial charge in [0.05, 0.1) is 13.1 Å². The number of halogens is 3. The Labute approximate surface area is 104 Å². The molecule has 0 atom stereocenters. The van der Waals surface area contributed by atoms with E-state index in [1.807, 2.05) is 6.92 Å². The molecule has 106 valence electrons. The highest BCUT2D eigenvalue weighted by atomic mass is 19.4. The first-order chi connectivity index (χ1) is 8.31. The Hall–Kier alpha value is -0.820. The maximum absolute atomic E-state index is 12.4. The van der Waals surface area contributed by atoms with Crippen molar-refractivity contribution in [3.8, 4) is 0 Å². The summed E-state index contributed by atoms with van der Waals surface area (Å²) in [7, 11) is 0. The van der Waals surface area contributed by atoms with Crippen molar-refractivity contribution < 1.29 is 23.1 Å². The third-order valence-electron chi connectivity index (χ3n) is 3.24. The van der Waals surface area contributed by atoms with Gasteiger partial charge in [-0.05, 0) is 32.5 Å². The Kier molecular flexibility index (Phi) is 5.40. The van der Waals surface area contributed by atoms with Crippen LogP contribution in [0.1, 0.15) is 19.8 Å². The number of carboxylic acid groups (broad SMARTS) is 1. The summed E-state index contributed by atoms with van der Waals surface area (Å²) in [6.07, 6.45) is -3.16. The third kappa shape index (κ3) is 5.22. The van der Waals surface area contributed by atoms with E-state index >= 15 is 0 Å². The average molecular weight is 268 g/mol. The molecule has 0 aromatic rings. The minimum atomic E-state index is -4.35. The van der Waals surface area contributed by atoms with Crippen LogP contribution in [0.4, 0.5) is 13.2 Å². The first-order valence-electron chi connectivity index (χ1n) is 6.06. The molecule has 1 saturated heterocycles. The summed E-state index contributed by atoms with van der Waals surface area (Å²) in [6, 6.07) is -0.287. The van der Waals surface area contributed by atoms with Crippen LogP contribution in [0, 0.1) is 0 Å². The fraction of sp³-hybridized carbons (Fsp3) is 0.909. The zero-order valence-electron chi connectivity index (χ0n) is 10.4. The molecule has 0 aromatic heterocycles. The molecule has 0 aromatic carbocycles. The SMILES string of the molecule is CCN1CCC(N(CC(=O)O)CC(F)(F)F)CC1. The van der Waals surface area contributed by atoms with E-state index in [1.54, 1.807) is 0 Å². The summed E-state index contributed by atoms with van der Waals surface area (Å²) < 4.78 is 37.2. The van der Waals surface area contributed by atoms with Crippen LogP contribution in [-0.4, -0.2) is 65.8 Å². The first kappa shape index (κ1) is 15.2. The Morgan fingerprint density at radius 1 is 1.39 bits per heavy atom. The van der Waals surface area contributed by atoms with Crippen LogP contribution in [-0.2, 0) is 4.79 Å². The van der Waals surface area contributed by atoms with Crippen molar-refractivity contribution in [3.63, 3.8) is 0 Å². The van der Waals surface area contributed by atoms with E-state index < -0.39 is 25.2 Å². The second-order valence-electron chi connectivity index (χ2n) is 4.58. The van der Waals surface area contributed by atoms with Crippen LogP contribution in [0.3, 0.4) is 0 Å². The number of nitrogens with zero attached hydrogens (tertiary/aromatic N) is 2. The second-order valence-corrected chi connectivity index (χ2v) is 4.58. The van der Waals surface area contributed by atoms with Gasteiger partial charge >= 0.3 is 12.1 Å². The van der Waals surface area contributed by atoms with Gasteiger partial charge in [0.15, 0.2) is 0 Å². The zero-order chi connectivity index (χ0) is 13.8. The molecule has 0 amide bonds.